The molecular formula is C46H47N7O4. The van der Waals surface area contributed by atoms with E-state index in [1.54, 1.807) is 29.6 Å². The smallest absolute Gasteiger partial charge is 0.275 e. The Kier molecular flexibility index (Phi) is 9.99. The zero-order valence-electron chi connectivity index (χ0n) is 33.0. The molecule has 3 heterocycles. The largest absolute Gasteiger partial charge is 0.456 e. The molecule has 0 fully saturated rings. The van der Waals surface area contributed by atoms with Crippen molar-refractivity contribution >= 4 is 58.0 Å². The summed E-state index contributed by atoms with van der Waals surface area (Å²) >= 11 is 0. The van der Waals surface area contributed by atoms with E-state index in [0.717, 1.165) is 76.2 Å². The zero-order chi connectivity index (χ0) is 39.8. The van der Waals surface area contributed by atoms with Crippen LogP contribution in [0.15, 0.2) is 89.0 Å². The summed E-state index contributed by atoms with van der Waals surface area (Å²) in [7, 11) is 0. The molecule has 0 unspecified atom stereocenters. The number of carbonyl (C=O) groups excluding carboxylic acids is 3. The zero-order valence-corrected chi connectivity index (χ0v) is 33.0. The fraction of sp³-hybridized carbons (Fsp3) is 0.283. The van der Waals surface area contributed by atoms with Crippen LogP contribution in [-0.4, -0.2) is 72.8 Å². The van der Waals surface area contributed by atoms with Crippen LogP contribution in [0.1, 0.15) is 92.5 Å². The molecule has 3 amide bonds. The Morgan fingerprint density at radius 2 is 1.33 bits per heavy atom. The summed E-state index contributed by atoms with van der Waals surface area (Å²) in [4.78, 5) is 47.1. The average molecular weight is 762 g/mol. The lowest BCUT2D eigenvalue weighted by molar-refractivity contribution is 0.0607. The number of nitrogens with one attached hydrogen (secondary N) is 3. The predicted octanol–water partition coefficient (Wildman–Crippen LogP) is 8.74. The summed E-state index contributed by atoms with van der Waals surface area (Å²) < 4.78 is 6.69. The van der Waals surface area contributed by atoms with Crippen LogP contribution in [0.25, 0.3) is 10.8 Å². The quantitative estimate of drug-likeness (QED) is 0.0622. The highest BCUT2D eigenvalue weighted by Gasteiger charge is 2.57. The average Bonchev–Trinajstić information content (AvgIpc) is 3.45. The van der Waals surface area contributed by atoms with Crippen LogP contribution in [-0.2, 0) is 5.54 Å². The lowest BCUT2D eigenvalue weighted by Crippen LogP contribution is -2.44. The summed E-state index contributed by atoms with van der Waals surface area (Å²) in [6, 6.07) is 25.3. The van der Waals surface area contributed by atoms with E-state index in [9.17, 15) is 14.4 Å². The van der Waals surface area contributed by atoms with Gasteiger partial charge in [-0.1, -0.05) is 43.7 Å². The third-order valence-corrected chi connectivity index (χ3v) is 11.1. The van der Waals surface area contributed by atoms with E-state index in [1.807, 2.05) is 61.5 Å². The van der Waals surface area contributed by atoms with Crippen molar-refractivity contribution in [3.05, 3.63) is 123 Å². The molecule has 11 heteroatoms. The van der Waals surface area contributed by atoms with Crippen LogP contribution in [0.2, 0.25) is 0 Å². The van der Waals surface area contributed by atoms with Crippen molar-refractivity contribution in [3.8, 4) is 11.5 Å². The lowest BCUT2D eigenvalue weighted by Gasteiger charge is -2.42. The van der Waals surface area contributed by atoms with Gasteiger partial charge in [-0.2, -0.15) is 5.10 Å². The minimum Gasteiger partial charge on any atom is -0.456 e. The summed E-state index contributed by atoms with van der Waals surface area (Å²) in [5, 5.41) is 18.3. The van der Waals surface area contributed by atoms with E-state index < -0.39 is 5.54 Å². The van der Waals surface area contributed by atoms with Gasteiger partial charge in [-0.3, -0.25) is 24.3 Å². The Morgan fingerprint density at radius 1 is 0.684 bits per heavy atom. The summed E-state index contributed by atoms with van der Waals surface area (Å²) in [5.41, 5.74) is 7.88. The van der Waals surface area contributed by atoms with E-state index >= 15 is 0 Å². The topological polar surface area (TPSA) is 128 Å². The van der Waals surface area contributed by atoms with E-state index in [4.69, 9.17) is 9.84 Å². The maximum Gasteiger partial charge on any atom is 0.275 e. The Morgan fingerprint density at radius 3 is 2.00 bits per heavy atom. The molecule has 0 bridgehead atoms. The van der Waals surface area contributed by atoms with Crippen molar-refractivity contribution < 1.29 is 19.1 Å². The van der Waals surface area contributed by atoms with Gasteiger partial charge in [0.25, 0.3) is 17.7 Å². The second-order valence-corrected chi connectivity index (χ2v) is 14.6. The van der Waals surface area contributed by atoms with Crippen LogP contribution in [0, 0.1) is 13.8 Å². The first-order chi connectivity index (χ1) is 27.7. The molecule has 0 saturated carbocycles. The second kappa shape index (κ2) is 15.2. The van der Waals surface area contributed by atoms with Crippen LogP contribution >= 0.6 is 0 Å². The van der Waals surface area contributed by atoms with Crippen molar-refractivity contribution in [2.75, 3.05) is 48.7 Å². The molecule has 8 rings (SSSR count). The van der Waals surface area contributed by atoms with E-state index in [2.05, 4.69) is 60.8 Å². The number of imide groups is 1. The number of hydrazone groups is 1. The SMILES string of the molecule is CCCCN1C(=O)c2cccc3c(NCCN=C/C=N/N4C(=O)c5ccccc5C45c4cc(C)c(NCC)cc4Oc4cc(NCC)c(C)cc45)ccc(c23)C1=O. The van der Waals surface area contributed by atoms with Gasteiger partial charge in [0, 0.05) is 106 Å². The first-order valence-corrected chi connectivity index (χ1v) is 19.8. The number of anilines is 3. The van der Waals surface area contributed by atoms with Crippen LogP contribution in [0.3, 0.4) is 0 Å². The van der Waals surface area contributed by atoms with Crippen molar-refractivity contribution in [1.82, 2.24) is 9.91 Å². The van der Waals surface area contributed by atoms with Gasteiger partial charge in [0.1, 0.15) is 17.0 Å². The molecule has 3 aliphatic heterocycles. The number of carbonyl (C=O) groups is 3. The predicted molar refractivity (Wildman–Crippen MR) is 228 cm³/mol. The maximum atomic E-state index is 14.5. The van der Waals surface area contributed by atoms with E-state index in [1.165, 1.54) is 4.90 Å². The molecule has 3 aliphatic rings. The van der Waals surface area contributed by atoms with Crippen molar-refractivity contribution in [2.24, 2.45) is 10.1 Å². The fourth-order valence-corrected chi connectivity index (χ4v) is 8.45. The molecule has 290 valence electrons. The number of amides is 3. The second-order valence-electron chi connectivity index (χ2n) is 14.6. The molecule has 5 aromatic rings. The third-order valence-electron chi connectivity index (χ3n) is 11.1. The molecule has 0 aliphatic carbocycles. The normalized spacial score (nSPS) is 15.1. The number of hydrogen-bond acceptors (Lipinski definition) is 9. The third kappa shape index (κ3) is 6.09. The number of nitrogens with zero attached hydrogens (tertiary/aromatic N) is 4. The molecule has 0 aromatic heterocycles. The number of unbranched alkanes of at least 4 members (excludes halogenated alkanes) is 1. The van der Waals surface area contributed by atoms with Crippen LogP contribution in [0.4, 0.5) is 17.1 Å². The van der Waals surface area contributed by atoms with E-state index in [0.29, 0.717) is 53.2 Å². The van der Waals surface area contributed by atoms with Gasteiger partial charge in [-0.15, -0.1) is 0 Å². The van der Waals surface area contributed by atoms with Gasteiger partial charge >= 0.3 is 0 Å². The Balaban J connectivity index is 1.09. The number of fused-ring (bicyclic) bond motifs is 6. The molecular weight excluding hydrogens is 715 g/mol. The Hall–Kier alpha value is -6.49. The summed E-state index contributed by atoms with van der Waals surface area (Å²) in [6.07, 6.45) is 4.85. The molecule has 3 N–H and O–H groups in total. The fourth-order valence-electron chi connectivity index (χ4n) is 8.45. The van der Waals surface area contributed by atoms with E-state index in [-0.39, 0.29) is 17.7 Å². The van der Waals surface area contributed by atoms with Gasteiger partial charge in [-0.05, 0) is 81.6 Å². The molecule has 57 heavy (non-hydrogen) atoms. The van der Waals surface area contributed by atoms with Gasteiger partial charge in [0.05, 0.1) is 12.8 Å². The van der Waals surface area contributed by atoms with Crippen molar-refractivity contribution in [2.45, 2.75) is 53.0 Å². The van der Waals surface area contributed by atoms with Crippen molar-refractivity contribution in [1.29, 1.82) is 0 Å². The standard InChI is InChI=1S/C46H47N7O4/c1-6-9-23-52-43(54)32-15-12-14-31-37(18-17-33(42(31)32)44(52)55)50-21-19-47-20-22-51-53-45(56)30-13-10-11-16-34(30)46(53)35-24-28(4)38(48-7-2)26-40(35)57-41-27-39(49-8-3)29(5)25-36(41)46/h10-18,20,22,24-27,48-50H,6-9,19,21,23H2,1-5H3/b47-20?,51-22+. The molecule has 0 radical (unpaired) electrons. The lowest BCUT2D eigenvalue weighted by atomic mass is 9.74. The van der Waals surface area contributed by atoms with Gasteiger partial charge in [0.15, 0.2) is 0 Å². The Bertz CT molecular complexity index is 2420. The maximum absolute atomic E-state index is 14.5. The van der Waals surface area contributed by atoms with Gasteiger partial charge in [-0.25, -0.2) is 5.01 Å². The molecule has 0 saturated heterocycles. The number of ether oxygens (including phenoxy) is 1. The number of rotatable bonds is 13. The summed E-state index contributed by atoms with van der Waals surface area (Å²) in [6.45, 7) is 13.1. The minimum atomic E-state index is -1.10. The number of benzene rings is 5. The molecule has 0 atom stereocenters. The highest BCUT2D eigenvalue weighted by atomic mass is 16.5. The number of aliphatic imine (C=N–C) groups is 1. The summed E-state index contributed by atoms with van der Waals surface area (Å²) in [5.74, 6) is 0.597. The van der Waals surface area contributed by atoms with Gasteiger partial charge in [0.2, 0.25) is 0 Å². The highest BCUT2D eigenvalue weighted by molar-refractivity contribution is 6.26. The minimum absolute atomic E-state index is 0.217. The monoisotopic (exact) mass is 761 g/mol. The number of hydrogen-bond donors (Lipinski definition) is 3. The molecule has 1 spiro atoms. The highest BCUT2D eigenvalue weighted by Crippen LogP contribution is 2.59. The molecule has 5 aromatic carbocycles. The Labute approximate surface area is 332 Å². The van der Waals surface area contributed by atoms with Crippen LogP contribution in [0.5, 0.6) is 11.5 Å². The first kappa shape index (κ1) is 37.4. The molecule has 11 nitrogen and oxygen atoms in total. The van der Waals surface area contributed by atoms with Gasteiger partial charge < -0.3 is 20.7 Å². The number of aryl methyl sites for hydroxylation is 2. The van der Waals surface area contributed by atoms with Crippen molar-refractivity contribution in [3.63, 3.8) is 0 Å². The first-order valence-electron chi connectivity index (χ1n) is 19.8. The van der Waals surface area contributed by atoms with Crippen LogP contribution < -0.4 is 20.7 Å².